The van der Waals surface area contributed by atoms with Gasteiger partial charge < -0.3 is 4.55 Å². The second-order valence-electron chi connectivity index (χ2n) is 4.86. The van der Waals surface area contributed by atoms with Gasteiger partial charge in [0.15, 0.2) is 0 Å². The molecule has 0 spiro atoms. The van der Waals surface area contributed by atoms with Gasteiger partial charge in [0.1, 0.15) is 10.6 Å². The molecule has 0 aliphatic carbocycles. The highest BCUT2D eigenvalue weighted by molar-refractivity contribution is 14.1. The predicted molar refractivity (Wildman–Crippen MR) is 78.6 cm³/mol. The summed E-state index contributed by atoms with van der Waals surface area (Å²) in [6, 6.07) is 4.96. The molecule has 1 aromatic rings. The molecule has 0 heterocycles. The molecule has 1 unspecified atom stereocenters. The van der Waals surface area contributed by atoms with Crippen molar-refractivity contribution in [3.8, 4) is 0 Å². The molecule has 5 heteroatoms. The molecule has 2 nitrogen and oxygen atoms in total. The molecule has 1 aromatic carbocycles. The lowest BCUT2D eigenvalue weighted by Gasteiger charge is -2.26. The van der Waals surface area contributed by atoms with Crippen LogP contribution < -0.4 is 4.72 Å². The number of rotatable bonds is 3. The van der Waals surface area contributed by atoms with Gasteiger partial charge in [-0.15, -0.1) is 4.72 Å². The zero-order valence-electron chi connectivity index (χ0n) is 10.4. The Hall–Kier alpha value is 0.150. The van der Waals surface area contributed by atoms with E-state index in [-0.39, 0.29) is 16.6 Å². The van der Waals surface area contributed by atoms with Gasteiger partial charge in [0, 0.05) is 20.5 Å². The molecule has 0 saturated carbocycles. The Balaban J connectivity index is 2.84. The van der Waals surface area contributed by atoms with Gasteiger partial charge in [-0.3, -0.25) is 0 Å². The van der Waals surface area contributed by atoms with Crippen LogP contribution in [0.4, 0.5) is 4.39 Å². The van der Waals surface area contributed by atoms with Crippen LogP contribution in [-0.2, 0) is 11.4 Å². The molecule has 0 radical (unpaired) electrons. The molecule has 0 amide bonds. The van der Waals surface area contributed by atoms with Crippen molar-refractivity contribution >= 4 is 34.0 Å². The van der Waals surface area contributed by atoms with Gasteiger partial charge in [0.05, 0.1) is 6.04 Å². The molecule has 0 saturated heterocycles. The highest BCUT2D eigenvalue weighted by Gasteiger charge is 2.29. The molecule has 0 bridgehead atoms. The van der Waals surface area contributed by atoms with Gasteiger partial charge in [-0.05, 0) is 56.4 Å². The average Bonchev–Trinajstić information content (AvgIpc) is 2.20. The highest BCUT2D eigenvalue weighted by Crippen LogP contribution is 2.23. The Morgan fingerprint density at radius 2 is 2.00 bits per heavy atom. The summed E-state index contributed by atoms with van der Waals surface area (Å²) in [5, 5.41) is 0. The fourth-order valence-corrected chi connectivity index (χ4v) is 2.58. The third kappa shape index (κ3) is 4.08. The Morgan fingerprint density at radius 3 is 2.53 bits per heavy atom. The maximum absolute atomic E-state index is 13.9. The van der Waals surface area contributed by atoms with E-state index < -0.39 is 11.4 Å². The maximum atomic E-state index is 13.9. The lowest BCUT2D eigenvalue weighted by atomic mass is 10.1. The minimum atomic E-state index is -1.20. The van der Waals surface area contributed by atoms with Crippen molar-refractivity contribution in [3.63, 3.8) is 0 Å². The fourth-order valence-electron chi connectivity index (χ4n) is 1.26. The van der Waals surface area contributed by atoms with Crippen LogP contribution in [0.2, 0.25) is 0 Å². The maximum Gasteiger partial charge on any atom is 0.141 e. The number of nitrogens with one attached hydrogen (secondary N) is 1. The van der Waals surface area contributed by atoms with E-state index in [4.69, 9.17) is 0 Å². The largest absolute Gasteiger partial charge is 0.598 e. The molecule has 0 aliphatic rings. The summed E-state index contributed by atoms with van der Waals surface area (Å²) in [6.07, 6.45) is 0. The first-order valence-corrected chi connectivity index (χ1v) is 7.58. The first kappa shape index (κ1) is 15.2. The van der Waals surface area contributed by atoms with Crippen LogP contribution in [-0.4, -0.2) is 9.30 Å². The van der Waals surface area contributed by atoms with E-state index >= 15 is 0 Å². The van der Waals surface area contributed by atoms with Crippen molar-refractivity contribution in [2.75, 3.05) is 0 Å². The van der Waals surface area contributed by atoms with E-state index in [1.165, 1.54) is 0 Å². The molecule has 1 N–H and O–H groups in total. The van der Waals surface area contributed by atoms with Crippen LogP contribution >= 0.6 is 22.6 Å². The van der Waals surface area contributed by atoms with Gasteiger partial charge in [0.2, 0.25) is 0 Å². The Bertz CT molecular complexity index is 395. The van der Waals surface area contributed by atoms with Crippen LogP contribution in [0.25, 0.3) is 0 Å². The molecular weight excluding hydrogens is 352 g/mol. The minimum Gasteiger partial charge on any atom is -0.598 e. The van der Waals surface area contributed by atoms with Crippen molar-refractivity contribution in [1.82, 2.24) is 4.72 Å². The van der Waals surface area contributed by atoms with Gasteiger partial charge in [0.25, 0.3) is 0 Å². The smallest absolute Gasteiger partial charge is 0.141 e. The molecular formula is C12H17FINOS. The predicted octanol–water partition coefficient (Wildman–Crippen LogP) is 3.54. The minimum absolute atomic E-state index is 0.237. The summed E-state index contributed by atoms with van der Waals surface area (Å²) in [5.41, 5.74) is 0.550. The molecule has 0 aromatic heterocycles. The second-order valence-corrected chi connectivity index (χ2v) is 8.02. The Labute approximate surface area is 119 Å². The zero-order valence-corrected chi connectivity index (χ0v) is 13.4. The molecule has 0 aliphatic heterocycles. The van der Waals surface area contributed by atoms with Gasteiger partial charge in [-0.1, -0.05) is 12.1 Å². The van der Waals surface area contributed by atoms with E-state index in [0.29, 0.717) is 9.13 Å². The first-order valence-electron chi connectivity index (χ1n) is 5.35. The first-order chi connectivity index (χ1) is 7.73. The number of hydrogen-bond acceptors (Lipinski definition) is 2. The van der Waals surface area contributed by atoms with Crippen LogP contribution in [0.5, 0.6) is 0 Å². The van der Waals surface area contributed by atoms with Crippen molar-refractivity contribution in [3.05, 3.63) is 33.1 Å². The number of halogens is 2. The van der Waals surface area contributed by atoms with Gasteiger partial charge in [-0.25, -0.2) is 4.39 Å². The Morgan fingerprint density at radius 1 is 1.41 bits per heavy atom. The zero-order chi connectivity index (χ0) is 13.2. The van der Waals surface area contributed by atoms with Crippen molar-refractivity contribution in [2.45, 2.75) is 38.5 Å². The topological polar surface area (TPSA) is 35.1 Å². The lowest BCUT2D eigenvalue weighted by molar-refractivity contribution is 0.521. The number of benzene rings is 1. The summed E-state index contributed by atoms with van der Waals surface area (Å²) in [6.45, 7) is 7.47. The highest BCUT2D eigenvalue weighted by atomic mass is 127. The summed E-state index contributed by atoms with van der Waals surface area (Å²) in [7, 11) is 0. The molecule has 0 fully saturated rings. The average molecular weight is 369 g/mol. The molecule has 1 rings (SSSR count). The van der Waals surface area contributed by atoms with Crippen molar-refractivity contribution in [2.24, 2.45) is 0 Å². The summed E-state index contributed by atoms with van der Waals surface area (Å²) < 4.78 is 28.9. The van der Waals surface area contributed by atoms with E-state index in [2.05, 4.69) is 4.72 Å². The van der Waals surface area contributed by atoms with Crippen molar-refractivity contribution in [1.29, 1.82) is 0 Å². The fraction of sp³-hybridized carbons (Fsp3) is 0.500. The number of hydrogen-bond donors (Lipinski definition) is 1. The third-order valence-corrected chi connectivity index (χ3v) is 4.80. The summed E-state index contributed by atoms with van der Waals surface area (Å²) >= 11 is 0.753. The van der Waals surface area contributed by atoms with Gasteiger partial charge in [-0.2, -0.15) is 0 Å². The Kier molecular flexibility index (Phi) is 5.24. The molecule has 2 atom stereocenters. The van der Waals surface area contributed by atoms with E-state index in [1.54, 1.807) is 18.2 Å². The van der Waals surface area contributed by atoms with E-state index in [1.807, 2.05) is 50.3 Å². The second kappa shape index (κ2) is 5.86. The normalized spacial score (nSPS) is 15.7. The van der Waals surface area contributed by atoms with Crippen LogP contribution in [0.1, 0.15) is 39.3 Å². The quantitative estimate of drug-likeness (QED) is 0.654. The molecule has 96 valence electrons. The van der Waals surface area contributed by atoms with Crippen LogP contribution in [0, 0.1) is 9.39 Å². The van der Waals surface area contributed by atoms with E-state index in [0.717, 1.165) is 0 Å². The lowest BCUT2D eigenvalue weighted by Crippen LogP contribution is -2.40. The van der Waals surface area contributed by atoms with Crippen molar-refractivity contribution < 1.29 is 8.94 Å². The van der Waals surface area contributed by atoms with Crippen LogP contribution in [0.15, 0.2) is 18.2 Å². The molecule has 17 heavy (non-hydrogen) atoms. The summed E-state index contributed by atoms with van der Waals surface area (Å²) in [5.74, 6) is -0.237. The monoisotopic (exact) mass is 369 g/mol. The summed E-state index contributed by atoms with van der Waals surface area (Å²) in [4.78, 5) is 0. The van der Waals surface area contributed by atoms with E-state index in [9.17, 15) is 8.94 Å². The van der Waals surface area contributed by atoms with Crippen LogP contribution in [0.3, 0.4) is 0 Å². The third-order valence-electron chi connectivity index (χ3n) is 2.29. The SMILES string of the molecule is CC(N[S@@+]([O-])C(C)(C)C)c1cccc(I)c1F. The van der Waals surface area contributed by atoms with Gasteiger partial charge >= 0.3 is 0 Å². The standard InChI is InChI=1S/C12H17FINOS/c1-8(15-17(16)12(2,3)4)9-6-5-7-10(14)11(9)13/h5-8,15H,1-4H3/t8?,17-/m0/s1.